The van der Waals surface area contributed by atoms with Gasteiger partial charge in [0.15, 0.2) is 0 Å². The lowest BCUT2D eigenvalue weighted by Gasteiger charge is -2.15. The molecular formula is C17H18O3. The minimum absolute atomic E-state index is 0.223. The van der Waals surface area contributed by atoms with E-state index in [1.165, 1.54) is 7.11 Å². The van der Waals surface area contributed by atoms with Crippen molar-refractivity contribution in [1.82, 2.24) is 0 Å². The fourth-order valence-electron chi connectivity index (χ4n) is 2.20. The molecule has 104 valence electrons. The molecular weight excluding hydrogens is 252 g/mol. The Balaban J connectivity index is 2.26. The summed E-state index contributed by atoms with van der Waals surface area (Å²) in [5, 5.41) is 0. The van der Waals surface area contributed by atoms with E-state index >= 15 is 0 Å². The van der Waals surface area contributed by atoms with Crippen LogP contribution in [0.15, 0.2) is 54.6 Å². The molecule has 2 rings (SSSR count). The largest absolute Gasteiger partial charge is 0.497 e. The van der Waals surface area contributed by atoms with E-state index in [4.69, 9.17) is 9.47 Å². The van der Waals surface area contributed by atoms with Crippen molar-refractivity contribution in [3.63, 3.8) is 0 Å². The van der Waals surface area contributed by atoms with E-state index in [0.29, 0.717) is 6.42 Å². The zero-order chi connectivity index (χ0) is 14.4. The first kappa shape index (κ1) is 14.1. The summed E-state index contributed by atoms with van der Waals surface area (Å²) in [6, 6.07) is 17.4. The second-order valence-corrected chi connectivity index (χ2v) is 4.54. The Labute approximate surface area is 119 Å². The van der Waals surface area contributed by atoms with Crippen molar-refractivity contribution < 1.29 is 14.3 Å². The fourth-order valence-corrected chi connectivity index (χ4v) is 2.20. The average Bonchev–Trinajstić information content (AvgIpc) is 2.53. The zero-order valence-electron chi connectivity index (χ0n) is 11.7. The van der Waals surface area contributed by atoms with E-state index in [0.717, 1.165) is 16.9 Å². The number of benzene rings is 2. The van der Waals surface area contributed by atoms with Crippen molar-refractivity contribution >= 4 is 5.97 Å². The molecule has 0 spiro atoms. The van der Waals surface area contributed by atoms with Gasteiger partial charge in [-0.2, -0.15) is 0 Å². The predicted octanol–water partition coefficient (Wildman–Crippen LogP) is 3.19. The molecule has 0 fully saturated rings. The lowest BCUT2D eigenvalue weighted by molar-refractivity contribution is -0.142. The van der Waals surface area contributed by atoms with Gasteiger partial charge in [-0.05, 0) is 29.7 Å². The number of hydrogen-bond acceptors (Lipinski definition) is 3. The van der Waals surface area contributed by atoms with Crippen molar-refractivity contribution in [3.8, 4) is 5.75 Å². The van der Waals surface area contributed by atoms with Gasteiger partial charge in [-0.25, -0.2) is 0 Å². The molecule has 0 aliphatic carbocycles. The SMILES string of the molecule is COC(=O)C(Cc1cccc(OC)c1)c1ccccc1. The normalized spacial score (nSPS) is 11.7. The van der Waals surface area contributed by atoms with Crippen LogP contribution in [-0.4, -0.2) is 20.2 Å². The molecule has 3 nitrogen and oxygen atoms in total. The highest BCUT2D eigenvalue weighted by Gasteiger charge is 2.21. The maximum Gasteiger partial charge on any atom is 0.313 e. The number of esters is 1. The second kappa shape index (κ2) is 6.75. The molecule has 0 amide bonds. The molecule has 1 atom stereocenters. The van der Waals surface area contributed by atoms with Gasteiger partial charge in [-0.1, -0.05) is 42.5 Å². The van der Waals surface area contributed by atoms with E-state index in [1.807, 2.05) is 54.6 Å². The van der Waals surface area contributed by atoms with Gasteiger partial charge in [0.2, 0.25) is 0 Å². The molecule has 0 aliphatic rings. The van der Waals surface area contributed by atoms with Crippen molar-refractivity contribution in [2.45, 2.75) is 12.3 Å². The van der Waals surface area contributed by atoms with Crippen molar-refractivity contribution in [1.29, 1.82) is 0 Å². The average molecular weight is 270 g/mol. The summed E-state index contributed by atoms with van der Waals surface area (Å²) >= 11 is 0. The molecule has 0 saturated carbocycles. The van der Waals surface area contributed by atoms with E-state index in [9.17, 15) is 4.79 Å². The fraction of sp³-hybridized carbons (Fsp3) is 0.235. The maximum absolute atomic E-state index is 12.0. The Bertz CT molecular complexity index is 563. The number of ether oxygens (including phenoxy) is 2. The Morgan fingerprint density at radius 2 is 1.80 bits per heavy atom. The predicted molar refractivity (Wildman–Crippen MR) is 77.9 cm³/mol. The van der Waals surface area contributed by atoms with Gasteiger partial charge in [-0.3, -0.25) is 4.79 Å². The van der Waals surface area contributed by atoms with Gasteiger partial charge >= 0.3 is 5.97 Å². The van der Waals surface area contributed by atoms with Crippen LogP contribution in [-0.2, 0) is 16.0 Å². The molecule has 0 aromatic heterocycles. The number of methoxy groups -OCH3 is 2. The summed E-state index contributed by atoms with van der Waals surface area (Å²) in [6.45, 7) is 0. The van der Waals surface area contributed by atoms with Crippen LogP contribution in [0, 0.1) is 0 Å². The van der Waals surface area contributed by atoms with Crippen molar-refractivity contribution in [3.05, 3.63) is 65.7 Å². The summed E-state index contributed by atoms with van der Waals surface area (Å²) in [7, 11) is 3.05. The summed E-state index contributed by atoms with van der Waals surface area (Å²) in [6.07, 6.45) is 0.591. The van der Waals surface area contributed by atoms with Crippen LogP contribution < -0.4 is 4.74 Å². The van der Waals surface area contributed by atoms with Crippen LogP contribution in [0.3, 0.4) is 0 Å². The van der Waals surface area contributed by atoms with E-state index in [2.05, 4.69) is 0 Å². The molecule has 0 saturated heterocycles. The Kier molecular flexibility index (Phi) is 4.77. The van der Waals surface area contributed by atoms with Crippen molar-refractivity contribution in [2.24, 2.45) is 0 Å². The van der Waals surface area contributed by atoms with Crippen LogP contribution in [0.1, 0.15) is 17.0 Å². The number of carbonyl (C=O) groups excluding carboxylic acids is 1. The van der Waals surface area contributed by atoms with Gasteiger partial charge < -0.3 is 9.47 Å². The highest BCUT2D eigenvalue weighted by Crippen LogP contribution is 2.24. The minimum Gasteiger partial charge on any atom is -0.497 e. The molecule has 0 aliphatic heterocycles. The van der Waals surface area contributed by atoms with Gasteiger partial charge in [0, 0.05) is 0 Å². The first-order valence-electron chi connectivity index (χ1n) is 6.50. The highest BCUT2D eigenvalue weighted by atomic mass is 16.5. The van der Waals surface area contributed by atoms with Gasteiger partial charge in [0.05, 0.1) is 20.1 Å². The van der Waals surface area contributed by atoms with Crippen LogP contribution in [0.25, 0.3) is 0 Å². The third-order valence-corrected chi connectivity index (χ3v) is 3.26. The van der Waals surface area contributed by atoms with E-state index in [-0.39, 0.29) is 11.9 Å². The zero-order valence-corrected chi connectivity index (χ0v) is 11.7. The summed E-state index contributed by atoms with van der Waals surface area (Å²) in [5.74, 6) is 0.270. The molecule has 0 bridgehead atoms. The number of hydrogen-bond donors (Lipinski definition) is 0. The molecule has 0 N–H and O–H groups in total. The molecule has 0 radical (unpaired) electrons. The number of carbonyl (C=O) groups is 1. The van der Waals surface area contributed by atoms with Crippen molar-refractivity contribution in [2.75, 3.05) is 14.2 Å². The van der Waals surface area contributed by atoms with Gasteiger partial charge in [0.25, 0.3) is 0 Å². The highest BCUT2D eigenvalue weighted by molar-refractivity contribution is 5.78. The first-order valence-corrected chi connectivity index (χ1v) is 6.50. The Morgan fingerprint density at radius 1 is 1.05 bits per heavy atom. The second-order valence-electron chi connectivity index (χ2n) is 4.54. The van der Waals surface area contributed by atoms with E-state index < -0.39 is 0 Å². The summed E-state index contributed by atoms with van der Waals surface area (Å²) in [5.41, 5.74) is 2.01. The lowest BCUT2D eigenvalue weighted by atomic mass is 9.92. The molecule has 20 heavy (non-hydrogen) atoms. The Morgan fingerprint density at radius 3 is 2.45 bits per heavy atom. The topological polar surface area (TPSA) is 35.5 Å². The van der Waals surface area contributed by atoms with Crippen LogP contribution >= 0.6 is 0 Å². The lowest BCUT2D eigenvalue weighted by Crippen LogP contribution is -2.16. The molecule has 2 aromatic carbocycles. The van der Waals surface area contributed by atoms with Crippen LogP contribution in [0.5, 0.6) is 5.75 Å². The standard InChI is InChI=1S/C17H18O3/c1-19-15-10-6-7-13(11-15)12-16(17(18)20-2)14-8-4-3-5-9-14/h3-11,16H,12H2,1-2H3. The molecule has 1 unspecified atom stereocenters. The minimum atomic E-state index is -0.298. The third kappa shape index (κ3) is 3.38. The number of rotatable bonds is 5. The molecule has 2 aromatic rings. The van der Waals surface area contributed by atoms with Crippen LogP contribution in [0.4, 0.5) is 0 Å². The smallest absolute Gasteiger partial charge is 0.313 e. The molecule has 3 heteroatoms. The maximum atomic E-state index is 12.0. The monoisotopic (exact) mass is 270 g/mol. The third-order valence-electron chi connectivity index (χ3n) is 3.26. The van der Waals surface area contributed by atoms with E-state index in [1.54, 1.807) is 7.11 Å². The quantitative estimate of drug-likeness (QED) is 0.783. The van der Waals surface area contributed by atoms with Gasteiger partial charge in [0.1, 0.15) is 5.75 Å². The Hall–Kier alpha value is -2.29. The summed E-state index contributed by atoms with van der Waals surface area (Å²) < 4.78 is 10.1. The van der Waals surface area contributed by atoms with Crippen LogP contribution in [0.2, 0.25) is 0 Å². The van der Waals surface area contributed by atoms with Gasteiger partial charge in [-0.15, -0.1) is 0 Å². The molecule has 0 heterocycles. The summed E-state index contributed by atoms with van der Waals surface area (Å²) in [4.78, 5) is 12.0. The first-order chi connectivity index (χ1) is 9.74.